The number of anilines is 1. The lowest BCUT2D eigenvalue weighted by Gasteiger charge is -2.05. The Morgan fingerprint density at radius 3 is 2.45 bits per heavy atom. The van der Waals surface area contributed by atoms with Crippen LogP contribution in [-0.4, -0.2) is 16.6 Å². The Balaban J connectivity index is 1.43. The highest BCUT2D eigenvalue weighted by atomic mass is 16.6. The number of para-hydroxylation sites is 1. The zero-order chi connectivity index (χ0) is 23.4. The molecule has 8 nitrogen and oxygen atoms in total. The van der Waals surface area contributed by atoms with Crippen LogP contribution in [0.2, 0.25) is 0 Å². The van der Waals surface area contributed by atoms with Crippen LogP contribution in [0.3, 0.4) is 0 Å². The van der Waals surface area contributed by atoms with E-state index in [1.54, 1.807) is 67.6 Å². The van der Waals surface area contributed by atoms with E-state index in [0.717, 1.165) is 0 Å². The monoisotopic (exact) mass is 442 g/mol. The number of benzene rings is 2. The molecule has 0 bridgehead atoms. The number of rotatable bonds is 7. The molecule has 0 aliphatic carbocycles. The van der Waals surface area contributed by atoms with E-state index in [1.807, 2.05) is 0 Å². The van der Waals surface area contributed by atoms with Gasteiger partial charge in [-0.2, -0.15) is 0 Å². The number of nitrogens with zero attached hydrogens (tertiary/aromatic N) is 1. The van der Waals surface area contributed by atoms with E-state index in [1.165, 1.54) is 24.5 Å². The van der Waals surface area contributed by atoms with Gasteiger partial charge in [-0.1, -0.05) is 12.1 Å². The summed E-state index contributed by atoms with van der Waals surface area (Å²) in [5.74, 6) is 0.681. The average molecular weight is 442 g/mol. The van der Waals surface area contributed by atoms with E-state index in [2.05, 4.69) is 5.32 Å². The van der Waals surface area contributed by atoms with Gasteiger partial charge in [0, 0.05) is 17.3 Å². The summed E-state index contributed by atoms with van der Waals surface area (Å²) in [7, 11) is 0. The lowest BCUT2D eigenvalue weighted by atomic mass is 10.1. The number of furan rings is 2. The molecule has 2 aromatic carbocycles. The van der Waals surface area contributed by atoms with Gasteiger partial charge in [0.05, 0.1) is 22.3 Å². The summed E-state index contributed by atoms with van der Waals surface area (Å²) in [6, 6.07) is 17.6. The highest BCUT2D eigenvalue weighted by Gasteiger charge is 2.17. The van der Waals surface area contributed by atoms with E-state index >= 15 is 0 Å². The third-order valence-corrected chi connectivity index (χ3v) is 4.92. The fourth-order valence-corrected chi connectivity index (χ4v) is 3.22. The molecule has 2 heterocycles. The zero-order valence-electron chi connectivity index (χ0n) is 17.5. The molecule has 0 atom stereocenters. The highest BCUT2D eigenvalue weighted by molar-refractivity contribution is 6.08. The standard InChI is InChI=1S/C25H18N2O6/c1-16-20(14-15-32-16)25(29)26-18-8-6-17(7-9-18)23(28)12-10-19-11-13-24(33-19)21-4-2-3-5-22(21)27(30)31/h2-15H,1H3,(H,26,29)/b12-10+. The smallest absolute Gasteiger partial charge is 0.280 e. The van der Waals surface area contributed by atoms with Gasteiger partial charge in [-0.25, -0.2) is 0 Å². The van der Waals surface area contributed by atoms with Crippen LogP contribution in [0.1, 0.15) is 32.2 Å². The van der Waals surface area contributed by atoms with Gasteiger partial charge in [-0.15, -0.1) is 0 Å². The van der Waals surface area contributed by atoms with Gasteiger partial charge in [0.1, 0.15) is 17.3 Å². The third-order valence-electron chi connectivity index (χ3n) is 4.92. The van der Waals surface area contributed by atoms with Crippen LogP contribution in [0.5, 0.6) is 0 Å². The summed E-state index contributed by atoms with van der Waals surface area (Å²) in [5, 5.41) is 14.0. The molecule has 4 aromatic rings. The fourth-order valence-electron chi connectivity index (χ4n) is 3.22. The Labute approximate surface area is 188 Å². The molecule has 0 aliphatic rings. The van der Waals surface area contributed by atoms with Gasteiger partial charge in [-0.05, 0) is 67.6 Å². The average Bonchev–Trinajstić information content (AvgIpc) is 3.47. The molecule has 1 N–H and O–H groups in total. The van der Waals surface area contributed by atoms with Gasteiger partial charge < -0.3 is 14.2 Å². The minimum atomic E-state index is -0.473. The maximum atomic E-state index is 12.5. The first-order valence-electron chi connectivity index (χ1n) is 9.94. The minimum Gasteiger partial charge on any atom is -0.469 e. The highest BCUT2D eigenvalue weighted by Crippen LogP contribution is 2.31. The molecule has 0 radical (unpaired) electrons. The molecule has 4 rings (SSSR count). The van der Waals surface area contributed by atoms with Crippen molar-refractivity contribution in [2.45, 2.75) is 6.92 Å². The van der Waals surface area contributed by atoms with Crippen molar-refractivity contribution in [3.05, 3.63) is 112 Å². The Kier molecular flexibility index (Phi) is 5.99. The van der Waals surface area contributed by atoms with Crippen molar-refractivity contribution in [3.63, 3.8) is 0 Å². The van der Waals surface area contributed by atoms with Crippen molar-refractivity contribution in [2.24, 2.45) is 0 Å². The molecule has 0 unspecified atom stereocenters. The van der Waals surface area contributed by atoms with Crippen LogP contribution in [-0.2, 0) is 0 Å². The number of carbonyl (C=O) groups excluding carboxylic acids is 2. The molecular formula is C25H18N2O6. The lowest BCUT2D eigenvalue weighted by molar-refractivity contribution is -0.384. The summed E-state index contributed by atoms with van der Waals surface area (Å²) in [5.41, 5.74) is 1.71. The van der Waals surface area contributed by atoms with E-state index < -0.39 is 4.92 Å². The van der Waals surface area contributed by atoms with Gasteiger partial charge in [0.25, 0.3) is 11.6 Å². The van der Waals surface area contributed by atoms with E-state index in [-0.39, 0.29) is 17.4 Å². The van der Waals surface area contributed by atoms with Crippen molar-refractivity contribution in [2.75, 3.05) is 5.32 Å². The predicted molar refractivity (Wildman–Crippen MR) is 122 cm³/mol. The lowest BCUT2D eigenvalue weighted by Crippen LogP contribution is -2.12. The predicted octanol–water partition coefficient (Wildman–Crippen LogP) is 5.90. The van der Waals surface area contributed by atoms with E-state index in [0.29, 0.717) is 39.7 Å². The number of nitro groups is 1. The third kappa shape index (κ3) is 4.80. The largest absolute Gasteiger partial charge is 0.469 e. The second kappa shape index (κ2) is 9.19. The Bertz CT molecular complexity index is 1360. The molecular weight excluding hydrogens is 424 g/mol. The van der Waals surface area contributed by atoms with Crippen molar-refractivity contribution >= 4 is 29.1 Å². The number of nitro benzene ring substituents is 1. The molecule has 0 spiro atoms. The number of aryl methyl sites for hydroxylation is 1. The summed E-state index contributed by atoms with van der Waals surface area (Å²) < 4.78 is 10.8. The Morgan fingerprint density at radius 2 is 1.76 bits per heavy atom. The molecule has 0 saturated carbocycles. The summed E-state index contributed by atoms with van der Waals surface area (Å²) in [4.78, 5) is 35.5. The minimum absolute atomic E-state index is 0.0615. The maximum absolute atomic E-state index is 12.5. The molecule has 0 aliphatic heterocycles. The quantitative estimate of drug-likeness (QED) is 0.165. The summed E-state index contributed by atoms with van der Waals surface area (Å²) >= 11 is 0. The van der Waals surface area contributed by atoms with Crippen molar-refractivity contribution in [1.29, 1.82) is 0 Å². The molecule has 164 valence electrons. The molecule has 8 heteroatoms. The molecule has 0 fully saturated rings. The normalized spacial score (nSPS) is 10.9. The van der Waals surface area contributed by atoms with Crippen molar-refractivity contribution in [3.8, 4) is 11.3 Å². The van der Waals surface area contributed by atoms with E-state index in [4.69, 9.17) is 8.83 Å². The van der Waals surface area contributed by atoms with Crippen LogP contribution in [0, 0.1) is 17.0 Å². The van der Waals surface area contributed by atoms with Gasteiger partial charge in [0.2, 0.25) is 0 Å². The molecule has 0 saturated heterocycles. The fraction of sp³-hybridized carbons (Fsp3) is 0.0400. The van der Waals surface area contributed by atoms with Crippen LogP contribution >= 0.6 is 0 Å². The summed E-state index contributed by atoms with van der Waals surface area (Å²) in [6.07, 6.45) is 4.30. The first-order valence-corrected chi connectivity index (χ1v) is 9.94. The van der Waals surface area contributed by atoms with Crippen molar-refractivity contribution in [1.82, 2.24) is 0 Å². The first-order chi connectivity index (χ1) is 15.9. The number of amides is 1. The maximum Gasteiger partial charge on any atom is 0.280 e. The molecule has 2 aromatic heterocycles. The van der Waals surface area contributed by atoms with Crippen molar-refractivity contribution < 1.29 is 23.3 Å². The number of carbonyl (C=O) groups is 2. The van der Waals surface area contributed by atoms with Gasteiger partial charge in [-0.3, -0.25) is 19.7 Å². The Morgan fingerprint density at radius 1 is 1.00 bits per heavy atom. The number of hydrogen-bond donors (Lipinski definition) is 1. The van der Waals surface area contributed by atoms with Crippen LogP contribution < -0.4 is 5.32 Å². The number of nitrogens with one attached hydrogen (secondary N) is 1. The second-order valence-electron chi connectivity index (χ2n) is 7.10. The SMILES string of the molecule is Cc1occc1C(=O)Nc1ccc(C(=O)/C=C/c2ccc(-c3ccccc3[N+](=O)[O-])o2)cc1. The Hall–Kier alpha value is -4.72. The molecule has 1 amide bonds. The van der Waals surface area contributed by atoms with Gasteiger partial charge in [0.15, 0.2) is 5.78 Å². The first kappa shape index (κ1) is 21.5. The molecule has 33 heavy (non-hydrogen) atoms. The second-order valence-corrected chi connectivity index (χ2v) is 7.10. The number of hydrogen-bond acceptors (Lipinski definition) is 6. The van der Waals surface area contributed by atoms with Gasteiger partial charge >= 0.3 is 0 Å². The van der Waals surface area contributed by atoms with Crippen LogP contribution in [0.25, 0.3) is 17.4 Å². The van der Waals surface area contributed by atoms with E-state index in [9.17, 15) is 19.7 Å². The summed E-state index contributed by atoms with van der Waals surface area (Å²) in [6.45, 7) is 1.70. The van der Waals surface area contributed by atoms with Crippen LogP contribution in [0.15, 0.2) is 87.9 Å². The zero-order valence-corrected chi connectivity index (χ0v) is 17.5. The topological polar surface area (TPSA) is 116 Å². The number of ketones is 1. The van der Waals surface area contributed by atoms with Crippen LogP contribution in [0.4, 0.5) is 11.4 Å². The number of allylic oxidation sites excluding steroid dienone is 1.